The topological polar surface area (TPSA) is 26.0 Å². The summed E-state index contributed by atoms with van der Waals surface area (Å²) in [6.45, 7) is 2.25. The maximum atomic E-state index is 13.0. The lowest BCUT2D eigenvalue weighted by molar-refractivity contribution is 0.559. The Balaban J connectivity index is 1.71. The van der Waals surface area contributed by atoms with Crippen LogP contribution in [0.15, 0.2) is 66.7 Å². The van der Waals surface area contributed by atoms with E-state index in [2.05, 4.69) is 49.4 Å². The summed E-state index contributed by atoms with van der Waals surface area (Å²) >= 11 is 0. The van der Waals surface area contributed by atoms with Gasteiger partial charge in [-0.15, -0.1) is 0 Å². The Bertz CT molecular complexity index is 774. The average Bonchev–Trinajstić information content (AvgIpc) is 2.59. The van der Waals surface area contributed by atoms with Crippen molar-refractivity contribution in [1.82, 2.24) is 0 Å². The molecule has 0 radical (unpaired) electrons. The number of rotatable bonds is 5. The summed E-state index contributed by atoms with van der Waals surface area (Å²) in [5, 5.41) is 2.59. The third-order valence-corrected chi connectivity index (χ3v) is 4.56. The molecule has 0 saturated carbocycles. The number of hydrogen-bond donors (Lipinski definition) is 1. The van der Waals surface area contributed by atoms with Gasteiger partial charge in [0, 0.05) is 6.04 Å². The van der Waals surface area contributed by atoms with Gasteiger partial charge in [0.05, 0.1) is 0 Å². The van der Waals surface area contributed by atoms with Crippen molar-refractivity contribution in [2.24, 2.45) is 5.73 Å². The van der Waals surface area contributed by atoms with Gasteiger partial charge in [0.1, 0.15) is 5.82 Å². The van der Waals surface area contributed by atoms with Crippen LogP contribution in [0.5, 0.6) is 0 Å². The van der Waals surface area contributed by atoms with Crippen molar-refractivity contribution in [3.63, 3.8) is 0 Å². The monoisotopic (exact) mass is 307 g/mol. The van der Waals surface area contributed by atoms with Crippen molar-refractivity contribution in [1.29, 1.82) is 0 Å². The van der Waals surface area contributed by atoms with E-state index in [0.29, 0.717) is 5.92 Å². The van der Waals surface area contributed by atoms with Crippen molar-refractivity contribution in [2.75, 3.05) is 0 Å². The lowest BCUT2D eigenvalue weighted by Gasteiger charge is -2.18. The molecule has 0 heterocycles. The molecule has 23 heavy (non-hydrogen) atoms. The molecule has 0 aliphatic carbocycles. The van der Waals surface area contributed by atoms with Gasteiger partial charge >= 0.3 is 0 Å². The van der Waals surface area contributed by atoms with Crippen molar-refractivity contribution >= 4 is 10.8 Å². The van der Waals surface area contributed by atoms with E-state index in [1.807, 2.05) is 0 Å². The quantitative estimate of drug-likeness (QED) is 0.656. The molecule has 2 atom stereocenters. The lowest BCUT2D eigenvalue weighted by Crippen LogP contribution is -2.11. The fourth-order valence-corrected chi connectivity index (χ4v) is 3.14. The molecule has 0 fully saturated rings. The largest absolute Gasteiger partial charge is 0.324 e. The van der Waals surface area contributed by atoms with Gasteiger partial charge in [-0.3, -0.25) is 0 Å². The standard InChI is InChI=1S/C21H22FN/c1-15(9-14-21(23)17-10-12-18(22)13-11-17)19-8-4-6-16-5-2-3-7-20(16)19/h2-8,10-13,15,21H,9,14,23H2,1H3. The van der Waals surface area contributed by atoms with E-state index in [1.165, 1.54) is 28.5 Å². The van der Waals surface area contributed by atoms with Crippen molar-refractivity contribution in [3.8, 4) is 0 Å². The first-order valence-electron chi connectivity index (χ1n) is 8.14. The van der Waals surface area contributed by atoms with Crippen molar-refractivity contribution < 1.29 is 4.39 Å². The van der Waals surface area contributed by atoms with Crippen molar-refractivity contribution in [3.05, 3.63) is 83.7 Å². The number of nitrogens with two attached hydrogens (primary N) is 1. The van der Waals surface area contributed by atoms with E-state index in [0.717, 1.165) is 18.4 Å². The zero-order chi connectivity index (χ0) is 16.2. The summed E-state index contributed by atoms with van der Waals surface area (Å²) in [5.41, 5.74) is 8.63. The predicted octanol–water partition coefficient (Wildman–Crippen LogP) is 5.56. The minimum absolute atomic E-state index is 0.0481. The smallest absolute Gasteiger partial charge is 0.123 e. The van der Waals surface area contributed by atoms with E-state index in [-0.39, 0.29) is 11.9 Å². The molecule has 3 rings (SSSR count). The number of halogens is 1. The Morgan fingerprint density at radius 1 is 0.870 bits per heavy atom. The minimum Gasteiger partial charge on any atom is -0.324 e. The van der Waals surface area contributed by atoms with E-state index in [9.17, 15) is 4.39 Å². The van der Waals surface area contributed by atoms with Crippen LogP contribution in [0.25, 0.3) is 10.8 Å². The first-order valence-corrected chi connectivity index (χ1v) is 8.14. The van der Waals surface area contributed by atoms with Crippen LogP contribution in [0, 0.1) is 5.82 Å². The minimum atomic E-state index is -0.218. The van der Waals surface area contributed by atoms with E-state index in [4.69, 9.17) is 5.73 Å². The second-order valence-corrected chi connectivity index (χ2v) is 6.20. The molecule has 118 valence electrons. The molecule has 2 heteroatoms. The van der Waals surface area contributed by atoms with Gasteiger partial charge in [-0.05, 0) is 52.8 Å². The Hall–Kier alpha value is -2.19. The second-order valence-electron chi connectivity index (χ2n) is 6.20. The van der Waals surface area contributed by atoms with Crippen LogP contribution < -0.4 is 5.73 Å². The summed E-state index contributed by atoms with van der Waals surface area (Å²) in [4.78, 5) is 0. The molecule has 2 unspecified atom stereocenters. The first-order chi connectivity index (χ1) is 11.1. The molecule has 0 saturated heterocycles. The van der Waals surface area contributed by atoms with Gasteiger partial charge in [-0.1, -0.05) is 61.5 Å². The molecule has 3 aromatic carbocycles. The summed E-state index contributed by atoms with van der Waals surface area (Å²) < 4.78 is 13.0. The molecule has 0 aromatic heterocycles. The summed E-state index contributed by atoms with van der Waals surface area (Å²) in [5.74, 6) is 0.220. The normalized spacial score (nSPS) is 13.9. The fourth-order valence-electron chi connectivity index (χ4n) is 3.14. The molecule has 0 amide bonds. The van der Waals surface area contributed by atoms with Crippen LogP contribution in [-0.4, -0.2) is 0 Å². The first kappa shape index (κ1) is 15.7. The van der Waals surface area contributed by atoms with Gasteiger partial charge in [0.15, 0.2) is 0 Å². The molecule has 2 N–H and O–H groups in total. The van der Waals surface area contributed by atoms with Crippen LogP contribution in [0.3, 0.4) is 0 Å². The Kier molecular flexibility index (Phi) is 4.73. The average molecular weight is 307 g/mol. The van der Waals surface area contributed by atoms with E-state index >= 15 is 0 Å². The highest BCUT2D eigenvalue weighted by Gasteiger charge is 2.12. The molecular formula is C21H22FN. The summed E-state index contributed by atoms with van der Waals surface area (Å²) in [7, 11) is 0. The maximum Gasteiger partial charge on any atom is 0.123 e. The van der Waals surface area contributed by atoms with Gasteiger partial charge in [-0.2, -0.15) is 0 Å². The highest BCUT2D eigenvalue weighted by molar-refractivity contribution is 5.86. The summed E-state index contributed by atoms with van der Waals surface area (Å²) in [6.07, 6.45) is 1.89. The fraction of sp³-hybridized carbons (Fsp3) is 0.238. The third kappa shape index (κ3) is 3.59. The Morgan fingerprint density at radius 2 is 1.57 bits per heavy atom. The van der Waals surface area contributed by atoms with Gasteiger partial charge < -0.3 is 5.73 Å². The number of hydrogen-bond acceptors (Lipinski definition) is 1. The Morgan fingerprint density at radius 3 is 2.35 bits per heavy atom. The van der Waals surface area contributed by atoms with Crippen LogP contribution in [0.2, 0.25) is 0 Å². The second kappa shape index (κ2) is 6.93. The van der Waals surface area contributed by atoms with Gasteiger partial charge in [-0.25, -0.2) is 4.39 Å². The zero-order valence-corrected chi connectivity index (χ0v) is 13.4. The molecule has 1 nitrogen and oxygen atoms in total. The zero-order valence-electron chi connectivity index (χ0n) is 13.4. The van der Waals surface area contributed by atoms with E-state index < -0.39 is 0 Å². The molecule has 0 aliphatic heterocycles. The molecule has 0 aliphatic rings. The molecule has 0 spiro atoms. The number of fused-ring (bicyclic) bond motifs is 1. The van der Waals surface area contributed by atoms with Crippen LogP contribution in [0.1, 0.15) is 42.9 Å². The lowest BCUT2D eigenvalue weighted by atomic mass is 9.89. The van der Waals surface area contributed by atoms with Crippen LogP contribution in [0.4, 0.5) is 4.39 Å². The van der Waals surface area contributed by atoms with Gasteiger partial charge in [0.25, 0.3) is 0 Å². The number of benzene rings is 3. The van der Waals surface area contributed by atoms with Gasteiger partial charge in [0.2, 0.25) is 0 Å². The predicted molar refractivity (Wildman–Crippen MR) is 94.9 cm³/mol. The third-order valence-electron chi connectivity index (χ3n) is 4.56. The molecule has 3 aromatic rings. The SMILES string of the molecule is CC(CCC(N)c1ccc(F)cc1)c1cccc2ccccc12. The van der Waals surface area contributed by atoms with Crippen molar-refractivity contribution in [2.45, 2.75) is 31.7 Å². The summed E-state index contributed by atoms with van der Waals surface area (Å²) in [6, 6.07) is 21.4. The Labute approximate surface area is 137 Å². The molecular weight excluding hydrogens is 285 g/mol. The molecule has 0 bridgehead atoms. The maximum absolute atomic E-state index is 13.0. The highest BCUT2D eigenvalue weighted by atomic mass is 19.1. The van der Waals surface area contributed by atoms with Crippen LogP contribution in [-0.2, 0) is 0 Å². The highest BCUT2D eigenvalue weighted by Crippen LogP contribution is 2.30. The van der Waals surface area contributed by atoms with Crippen LogP contribution >= 0.6 is 0 Å². The van der Waals surface area contributed by atoms with E-state index in [1.54, 1.807) is 12.1 Å².